The Kier molecular flexibility index (Phi) is 6.29. The zero-order valence-corrected chi connectivity index (χ0v) is 20.6. The lowest BCUT2D eigenvalue weighted by Crippen LogP contribution is -2.65. The largest absolute Gasteiger partial charge is 0.501 e. The van der Waals surface area contributed by atoms with Crippen LogP contribution in [0.5, 0.6) is 17.2 Å². The monoisotopic (exact) mass is 488 g/mol. The summed E-state index contributed by atoms with van der Waals surface area (Å²) in [5, 5.41) is 0.748. The van der Waals surface area contributed by atoms with Crippen molar-refractivity contribution in [3.05, 3.63) is 51.9 Å². The van der Waals surface area contributed by atoms with E-state index in [0.717, 1.165) is 11.1 Å². The molecule has 1 aromatic carbocycles. The minimum Gasteiger partial charge on any atom is -0.501 e. The zero-order valence-electron chi connectivity index (χ0n) is 20.6. The number of hydrogen-bond donors (Lipinski definition) is 0. The molecular formula is C23H21B5N4O5. The van der Waals surface area contributed by atoms with Crippen LogP contribution in [0.25, 0.3) is 5.65 Å². The molecule has 14 heteroatoms. The molecule has 2 aromatic heterocycles. The zero-order chi connectivity index (χ0) is 26.6. The normalized spacial score (nSPS) is 19.5. The highest BCUT2D eigenvalue weighted by atomic mass is 16.6. The fourth-order valence-electron chi connectivity index (χ4n) is 4.46. The Labute approximate surface area is 221 Å². The fourth-order valence-corrected chi connectivity index (χ4v) is 4.46. The number of aromatic nitrogens is 3. The molecule has 0 amide bonds. The Balaban J connectivity index is 1.36. The number of nitrogens with zero attached hydrogens (tertiary/aromatic N) is 4. The van der Waals surface area contributed by atoms with E-state index in [-0.39, 0.29) is 17.1 Å². The van der Waals surface area contributed by atoms with Crippen LogP contribution < -0.4 is 24.7 Å². The number of fused-ring (bicyclic) bond motifs is 2. The molecule has 178 valence electrons. The third-order valence-corrected chi connectivity index (χ3v) is 6.68. The van der Waals surface area contributed by atoms with Crippen LogP contribution in [0, 0.1) is 6.92 Å². The Morgan fingerprint density at radius 1 is 1.03 bits per heavy atom. The summed E-state index contributed by atoms with van der Waals surface area (Å²) < 4.78 is 24.0. The van der Waals surface area contributed by atoms with Crippen LogP contribution >= 0.6 is 0 Å². The molecule has 3 aromatic rings. The molecule has 2 aliphatic heterocycles. The molecule has 0 aliphatic carbocycles. The van der Waals surface area contributed by atoms with Crippen molar-refractivity contribution in [1.82, 2.24) is 14.6 Å². The molecule has 0 spiro atoms. The molecule has 0 N–H and O–H groups in total. The van der Waals surface area contributed by atoms with Gasteiger partial charge in [-0.2, -0.15) is 4.52 Å². The van der Waals surface area contributed by atoms with E-state index in [9.17, 15) is 4.79 Å². The molecule has 5 rings (SSSR count). The molecule has 37 heavy (non-hydrogen) atoms. The Morgan fingerprint density at radius 2 is 1.70 bits per heavy atom. The Bertz CT molecular complexity index is 1410. The van der Waals surface area contributed by atoms with E-state index in [2.05, 4.69) is 15.0 Å². The first kappa shape index (κ1) is 25.6. The minimum atomic E-state index is -1.95. The number of ether oxygens (including phenoxy) is 4. The lowest BCUT2D eigenvalue weighted by atomic mass is 9.41. The first-order valence-electron chi connectivity index (χ1n) is 11.7. The van der Waals surface area contributed by atoms with Crippen LogP contribution in [0.2, 0.25) is 0 Å². The molecule has 9 nitrogen and oxygen atoms in total. The van der Waals surface area contributed by atoms with Gasteiger partial charge in [-0.05, 0) is 31.9 Å². The number of hydrogen-bond acceptors (Lipinski definition) is 8. The van der Waals surface area contributed by atoms with Crippen LogP contribution in [0.15, 0.2) is 35.3 Å². The number of anilines is 1. The van der Waals surface area contributed by atoms with Crippen LogP contribution in [-0.2, 0) is 11.3 Å². The third-order valence-electron chi connectivity index (χ3n) is 6.68. The topological polar surface area (TPSA) is 87.4 Å². The van der Waals surface area contributed by atoms with Gasteiger partial charge in [-0.25, -0.2) is 4.98 Å². The van der Waals surface area contributed by atoms with Crippen molar-refractivity contribution in [3.8, 4) is 17.2 Å². The van der Waals surface area contributed by atoms with Crippen molar-refractivity contribution in [2.75, 3.05) is 25.1 Å². The van der Waals surface area contributed by atoms with E-state index in [4.69, 9.17) is 58.2 Å². The summed E-state index contributed by atoms with van der Waals surface area (Å²) in [5.41, 5.74) is 0.958. The molecule has 0 unspecified atom stereocenters. The van der Waals surface area contributed by atoms with Gasteiger partial charge in [0.25, 0.3) is 5.56 Å². The van der Waals surface area contributed by atoms with E-state index >= 15 is 0 Å². The molecule has 4 heterocycles. The molecule has 0 saturated carbocycles. The molecular weight excluding hydrogens is 466 g/mol. The van der Waals surface area contributed by atoms with Gasteiger partial charge in [0, 0.05) is 60.5 Å². The second-order valence-corrected chi connectivity index (χ2v) is 9.43. The number of rotatable bonds is 5. The van der Waals surface area contributed by atoms with Gasteiger partial charge in [0.1, 0.15) is 45.0 Å². The van der Waals surface area contributed by atoms with Crippen molar-refractivity contribution >= 4 is 50.7 Å². The summed E-state index contributed by atoms with van der Waals surface area (Å²) in [6, 6.07) is 6.22. The van der Waals surface area contributed by atoms with Gasteiger partial charge in [-0.1, -0.05) is 0 Å². The molecule has 0 atom stereocenters. The van der Waals surface area contributed by atoms with Crippen LogP contribution in [0.4, 0.5) is 5.82 Å². The molecule has 1 saturated heterocycles. The highest BCUT2D eigenvalue weighted by Crippen LogP contribution is 2.42. The van der Waals surface area contributed by atoms with E-state index in [1.807, 2.05) is 6.92 Å². The van der Waals surface area contributed by atoms with Crippen molar-refractivity contribution < 1.29 is 18.9 Å². The highest BCUT2D eigenvalue weighted by molar-refractivity contribution is 6.53. The summed E-state index contributed by atoms with van der Waals surface area (Å²) in [5.74, 6) is 1.60. The minimum absolute atomic E-state index is 0.231. The standard InChI is InChI=1S/C23H21B5N4O5/c1-13-15(12-34-2)20(30-32-18(33)5-8-29-19(13)32)31-9-6-21(24,7-10-31)35-14-3-4-16-17(11-14)37-23(27,28)22(25,26)36-16/h3-5,8,11H,6-7,9-10,12H2,1-2H3. The lowest BCUT2D eigenvalue weighted by Gasteiger charge is -2.48. The van der Waals surface area contributed by atoms with Gasteiger partial charge in [-0.3, -0.25) is 4.79 Å². The van der Waals surface area contributed by atoms with Gasteiger partial charge < -0.3 is 23.8 Å². The summed E-state index contributed by atoms with van der Waals surface area (Å²) in [4.78, 5) is 18.8. The SMILES string of the molecule is [B]C1(Oc2ccc3c(c2)OC([B])([B])C([B])([B])O3)CCN(c2nn3c(=O)ccnc3c(C)c2COC)CC1. The fraction of sp³-hybridized carbons (Fsp3) is 0.435. The van der Waals surface area contributed by atoms with Gasteiger partial charge >= 0.3 is 0 Å². The molecule has 0 bridgehead atoms. The molecule has 10 radical (unpaired) electrons. The number of piperidine rings is 1. The highest BCUT2D eigenvalue weighted by Gasteiger charge is 2.43. The Hall–Kier alpha value is -3.01. The maximum atomic E-state index is 12.4. The van der Waals surface area contributed by atoms with E-state index < -0.39 is 16.3 Å². The number of aryl methyl sites for hydroxylation is 1. The van der Waals surface area contributed by atoms with Crippen LogP contribution in [0.1, 0.15) is 24.0 Å². The lowest BCUT2D eigenvalue weighted by molar-refractivity contribution is 0.0603. The van der Waals surface area contributed by atoms with Crippen LogP contribution in [0.3, 0.4) is 0 Å². The summed E-state index contributed by atoms with van der Waals surface area (Å²) in [6.45, 7) is 3.29. The predicted molar refractivity (Wildman–Crippen MR) is 141 cm³/mol. The van der Waals surface area contributed by atoms with Gasteiger partial charge in [-0.15, -0.1) is 5.10 Å². The second kappa shape index (κ2) is 9.08. The average Bonchev–Trinajstić information content (AvgIpc) is 2.82. The van der Waals surface area contributed by atoms with Crippen molar-refractivity contribution in [3.63, 3.8) is 0 Å². The smallest absolute Gasteiger partial charge is 0.274 e. The quantitative estimate of drug-likeness (QED) is 0.459. The summed E-state index contributed by atoms with van der Waals surface area (Å²) >= 11 is 0. The number of methoxy groups -OCH3 is 1. The van der Waals surface area contributed by atoms with Gasteiger partial charge in [0.15, 0.2) is 23.0 Å². The maximum Gasteiger partial charge on any atom is 0.274 e. The van der Waals surface area contributed by atoms with Crippen molar-refractivity contribution in [1.29, 1.82) is 0 Å². The van der Waals surface area contributed by atoms with Gasteiger partial charge in [0.2, 0.25) is 0 Å². The van der Waals surface area contributed by atoms with E-state index in [0.29, 0.717) is 49.8 Å². The van der Waals surface area contributed by atoms with Crippen molar-refractivity contribution in [2.24, 2.45) is 0 Å². The number of benzene rings is 1. The van der Waals surface area contributed by atoms with E-state index in [1.54, 1.807) is 25.3 Å². The first-order chi connectivity index (χ1) is 17.4. The van der Waals surface area contributed by atoms with Crippen molar-refractivity contribution in [2.45, 2.75) is 42.7 Å². The summed E-state index contributed by atoms with van der Waals surface area (Å²) in [6.07, 6.45) is 2.42. The summed E-state index contributed by atoms with van der Waals surface area (Å²) in [7, 11) is 31.6. The predicted octanol–water partition coefficient (Wildman–Crippen LogP) is -0.159. The first-order valence-corrected chi connectivity index (χ1v) is 11.7. The second-order valence-electron chi connectivity index (χ2n) is 9.43. The third kappa shape index (κ3) is 4.60. The van der Waals surface area contributed by atoms with Crippen LogP contribution in [-0.4, -0.2) is 90.3 Å². The van der Waals surface area contributed by atoms with E-state index in [1.165, 1.54) is 16.8 Å². The average molecular weight is 488 g/mol. The molecule has 1 fully saturated rings. The molecule has 2 aliphatic rings. The maximum absolute atomic E-state index is 12.4. The Morgan fingerprint density at radius 3 is 2.38 bits per heavy atom. The van der Waals surface area contributed by atoms with Gasteiger partial charge in [0.05, 0.1) is 12.1 Å².